The summed E-state index contributed by atoms with van der Waals surface area (Å²) in [7, 11) is 1.97. The Balaban J connectivity index is 1.38. The summed E-state index contributed by atoms with van der Waals surface area (Å²) in [4.78, 5) is 12.2. The summed E-state index contributed by atoms with van der Waals surface area (Å²) >= 11 is 0. The van der Waals surface area contributed by atoms with E-state index in [1.54, 1.807) is 0 Å². The van der Waals surface area contributed by atoms with E-state index in [9.17, 15) is 0 Å². The van der Waals surface area contributed by atoms with Crippen LogP contribution in [0.1, 0.15) is 38.5 Å². The Kier molecular flexibility index (Phi) is 3.46. The molecule has 5 fully saturated rings. The molecule has 0 aromatic carbocycles. The molecule has 7 rings (SSSR count). The van der Waals surface area contributed by atoms with Gasteiger partial charge in [0.25, 0.3) is 0 Å². The molecule has 1 saturated heterocycles. The predicted molar refractivity (Wildman–Crippen MR) is 104 cm³/mol. The molecule has 0 atom stereocenters. The number of hydrogen-bond acceptors (Lipinski definition) is 6. The minimum absolute atomic E-state index is 0.212. The van der Waals surface area contributed by atoms with Gasteiger partial charge in [-0.1, -0.05) is 0 Å². The van der Waals surface area contributed by atoms with Gasteiger partial charge < -0.3 is 15.0 Å². The third-order valence-corrected chi connectivity index (χ3v) is 7.30. The summed E-state index contributed by atoms with van der Waals surface area (Å²) < 4.78 is 7.41. The van der Waals surface area contributed by atoms with Crippen molar-refractivity contribution < 1.29 is 4.74 Å². The van der Waals surface area contributed by atoms with Crippen molar-refractivity contribution in [1.82, 2.24) is 19.7 Å². The van der Waals surface area contributed by atoms with E-state index in [-0.39, 0.29) is 5.54 Å². The molecule has 144 valence electrons. The van der Waals surface area contributed by atoms with Crippen LogP contribution in [0.2, 0.25) is 0 Å². The van der Waals surface area contributed by atoms with Crippen molar-refractivity contribution in [1.29, 1.82) is 0 Å². The number of morpholine rings is 1. The number of fused-ring (bicyclic) bond motifs is 1. The number of aryl methyl sites for hydroxylation is 1. The van der Waals surface area contributed by atoms with E-state index in [0.717, 1.165) is 66.9 Å². The van der Waals surface area contributed by atoms with Gasteiger partial charge in [-0.3, -0.25) is 4.68 Å². The second kappa shape index (κ2) is 5.80. The number of nitrogens with one attached hydrogen (secondary N) is 1. The first-order chi connectivity index (χ1) is 13.2. The lowest BCUT2D eigenvalue weighted by Gasteiger charge is -2.56. The summed E-state index contributed by atoms with van der Waals surface area (Å²) in [6.45, 7) is 3.25. The second-order valence-corrected chi connectivity index (χ2v) is 9.30. The SMILES string of the molecule is Cn1ncc2c(N3CCOCC3)nc(NC34CC5CC(CC(C5)C3)C4)nc21. The van der Waals surface area contributed by atoms with Crippen LogP contribution in [0.5, 0.6) is 0 Å². The van der Waals surface area contributed by atoms with Crippen molar-refractivity contribution in [3.8, 4) is 0 Å². The van der Waals surface area contributed by atoms with Gasteiger partial charge in [-0.05, 0) is 56.3 Å². The van der Waals surface area contributed by atoms with E-state index in [0.29, 0.717) is 0 Å². The van der Waals surface area contributed by atoms with Crippen LogP contribution in [0.25, 0.3) is 11.0 Å². The molecule has 7 heteroatoms. The quantitative estimate of drug-likeness (QED) is 0.898. The largest absolute Gasteiger partial charge is 0.378 e. The zero-order valence-electron chi connectivity index (χ0n) is 16.0. The number of hydrogen-bond donors (Lipinski definition) is 1. The molecule has 2 aromatic rings. The van der Waals surface area contributed by atoms with Crippen molar-refractivity contribution in [2.45, 2.75) is 44.1 Å². The van der Waals surface area contributed by atoms with Gasteiger partial charge in [-0.15, -0.1) is 0 Å². The Hall–Kier alpha value is -1.89. The molecule has 4 aliphatic carbocycles. The third-order valence-electron chi connectivity index (χ3n) is 7.30. The van der Waals surface area contributed by atoms with E-state index in [1.165, 1.54) is 38.5 Å². The van der Waals surface area contributed by atoms with Gasteiger partial charge in [0.15, 0.2) is 5.65 Å². The van der Waals surface area contributed by atoms with Gasteiger partial charge in [0.2, 0.25) is 5.95 Å². The molecule has 3 heterocycles. The standard InChI is InChI=1S/C20H28N6O/c1-25-17-16(12-21-25)18(26-2-4-27-5-3-26)23-19(22-17)24-20-9-13-6-14(10-20)8-15(7-13)11-20/h12-15H,2-11H2,1H3,(H,22,23,24). The highest BCUT2D eigenvalue weighted by Gasteiger charge is 2.51. The second-order valence-electron chi connectivity index (χ2n) is 9.30. The third kappa shape index (κ3) is 2.62. The molecule has 1 N–H and O–H groups in total. The Bertz CT molecular complexity index is 835. The monoisotopic (exact) mass is 368 g/mol. The fourth-order valence-electron chi connectivity index (χ4n) is 6.58. The van der Waals surface area contributed by atoms with Gasteiger partial charge in [0.05, 0.1) is 24.8 Å². The summed E-state index contributed by atoms with van der Waals surface area (Å²) in [5.74, 6) is 4.51. The number of rotatable bonds is 3. The molecule has 5 aliphatic rings. The molecule has 0 amide bonds. The molecule has 7 nitrogen and oxygen atoms in total. The minimum atomic E-state index is 0.212. The molecule has 2 aromatic heterocycles. The highest BCUT2D eigenvalue weighted by molar-refractivity contribution is 5.88. The van der Waals surface area contributed by atoms with E-state index >= 15 is 0 Å². The summed E-state index contributed by atoms with van der Waals surface area (Å²) in [5, 5.41) is 9.34. The lowest BCUT2D eigenvalue weighted by atomic mass is 9.53. The first-order valence-electron chi connectivity index (χ1n) is 10.5. The maximum absolute atomic E-state index is 5.54. The molecule has 1 aliphatic heterocycles. The van der Waals surface area contributed by atoms with Gasteiger partial charge in [-0.2, -0.15) is 15.1 Å². The summed E-state index contributed by atoms with van der Waals surface area (Å²) in [6, 6.07) is 0. The van der Waals surface area contributed by atoms with Crippen LogP contribution in [0.3, 0.4) is 0 Å². The number of nitrogens with zero attached hydrogens (tertiary/aromatic N) is 5. The maximum Gasteiger partial charge on any atom is 0.227 e. The van der Waals surface area contributed by atoms with Crippen LogP contribution in [0.4, 0.5) is 11.8 Å². The van der Waals surface area contributed by atoms with Crippen LogP contribution in [-0.4, -0.2) is 51.6 Å². The first kappa shape index (κ1) is 16.1. The maximum atomic E-state index is 5.54. The topological polar surface area (TPSA) is 68.1 Å². The molecule has 0 unspecified atom stereocenters. The van der Waals surface area contributed by atoms with E-state index < -0.39 is 0 Å². The van der Waals surface area contributed by atoms with Crippen molar-refractivity contribution >= 4 is 22.8 Å². The van der Waals surface area contributed by atoms with Crippen molar-refractivity contribution in [3.63, 3.8) is 0 Å². The first-order valence-corrected chi connectivity index (χ1v) is 10.5. The number of ether oxygens (including phenoxy) is 1. The summed E-state index contributed by atoms with van der Waals surface area (Å²) in [6.07, 6.45) is 10.1. The van der Waals surface area contributed by atoms with Crippen LogP contribution < -0.4 is 10.2 Å². The van der Waals surface area contributed by atoms with Gasteiger partial charge >= 0.3 is 0 Å². The van der Waals surface area contributed by atoms with Gasteiger partial charge in [-0.25, -0.2) is 0 Å². The van der Waals surface area contributed by atoms with Crippen molar-refractivity contribution in [2.24, 2.45) is 24.8 Å². The van der Waals surface area contributed by atoms with Crippen molar-refractivity contribution in [2.75, 3.05) is 36.5 Å². The zero-order valence-corrected chi connectivity index (χ0v) is 16.0. The fourth-order valence-corrected chi connectivity index (χ4v) is 6.58. The Morgan fingerprint density at radius 1 is 1.04 bits per heavy atom. The molecule has 27 heavy (non-hydrogen) atoms. The van der Waals surface area contributed by atoms with E-state index in [2.05, 4.69) is 15.3 Å². The van der Waals surface area contributed by atoms with Gasteiger partial charge in [0, 0.05) is 25.7 Å². The molecular weight excluding hydrogens is 340 g/mol. The van der Waals surface area contributed by atoms with Crippen LogP contribution in [0.15, 0.2) is 6.20 Å². The average Bonchev–Trinajstić information content (AvgIpc) is 3.01. The Morgan fingerprint density at radius 2 is 1.70 bits per heavy atom. The lowest BCUT2D eigenvalue weighted by Crippen LogP contribution is -2.55. The molecule has 0 radical (unpaired) electrons. The van der Waals surface area contributed by atoms with Crippen LogP contribution >= 0.6 is 0 Å². The van der Waals surface area contributed by atoms with Crippen LogP contribution in [-0.2, 0) is 11.8 Å². The van der Waals surface area contributed by atoms with E-state index in [1.807, 2.05) is 17.9 Å². The highest BCUT2D eigenvalue weighted by Crippen LogP contribution is 2.56. The lowest BCUT2D eigenvalue weighted by molar-refractivity contribution is 0.0104. The van der Waals surface area contributed by atoms with Gasteiger partial charge in [0.1, 0.15) is 5.82 Å². The normalized spacial score (nSPS) is 35.1. The molecule has 4 bridgehead atoms. The average molecular weight is 368 g/mol. The fraction of sp³-hybridized carbons (Fsp3) is 0.750. The van der Waals surface area contributed by atoms with Crippen LogP contribution in [0, 0.1) is 17.8 Å². The van der Waals surface area contributed by atoms with Crippen molar-refractivity contribution in [3.05, 3.63) is 6.20 Å². The highest BCUT2D eigenvalue weighted by atomic mass is 16.5. The Morgan fingerprint density at radius 3 is 2.37 bits per heavy atom. The number of anilines is 2. The minimum Gasteiger partial charge on any atom is -0.378 e. The summed E-state index contributed by atoms with van der Waals surface area (Å²) in [5.41, 5.74) is 1.13. The predicted octanol–water partition coefficient (Wildman–Crippen LogP) is 2.58. The molecular formula is C20H28N6O. The van der Waals surface area contributed by atoms with E-state index in [4.69, 9.17) is 14.7 Å². The molecule has 0 spiro atoms. The zero-order chi connectivity index (χ0) is 18.0. The molecule has 4 saturated carbocycles. The number of aromatic nitrogens is 4. The Labute approximate surface area is 159 Å². The smallest absolute Gasteiger partial charge is 0.227 e.